The van der Waals surface area contributed by atoms with Crippen molar-refractivity contribution >= 4 is 17.6 Å². The van der Waals surface area contributed by atoms with Crippen molar-refractivity contribution in [2.75, 3.05) is 26.4 Å². The molecule has 1 aliphatic carbocycles. The summed E-state index contributed by atoms with van der Waals surface area (Å²) in [6.45, 7) is 4.63. The van der Waals surface area contributed by atoms with E-state index in [2.05, 4.69) is 17.6 Å². The normalized spacial score (nSPS) is 21.9. The smallest absolute Gasteiger partial charge is 0.315 e. The van der Waals surface area contributed by atoms with E-state index in [1.807, 2.05) is 6.07 Å². The number of ether oxygens (including phenoxy) is 3. The molecule has 2 unspecified atom stereocenters. The molecule has 0 radical (unpaired) electrons. The quantitative estimate of drug-likeness (QED) is 0.739. The van der Waals surface area contributed by atoms with E-state index in [1.165, 1.54) is 19.3 Å². The molecule has 7 heteroatoms. The lowest BCUT2D eigenvalue weighted by atomic mass is 9.88. The van der Waals surface area contributed by atoms with Crippen molar-refractivity contribution in [1.82, 2.24) is 10.6 Å². The van der Waals surface area contributed by atoms with Crippen LogP contribution >= 0.6 is 11.6 Å². The van der Waals surface area contributed by atoms with E-state index in [4.69, 9.17) is 25.8 Å². The second-order valence-electron chi connectivity index (χ2n) is 6.88. The Morgan fingerprint density at radius 2 is 2.04 bits per heavy atom. The molecule has 26 heavy (non-hydrogen) atoms. The van der Waals surface area contributed by atoms with Gasteiger partial charge in [0.15, 0.2) is 11.5 Å². The largest absolute Gasteiger partial charge is 0.486 e. The van der Waals surface area contributed by atoms with Crippen LogP contribution in [0.5, 0.6) is 11.5 Å². The number of hydrogen-bond donors (Lipinski definition) is 2. The number of halogens is 1. The van der Waals surface area contributed by atoms with Gasteiger partial charge in [0.05, 0.1) is 17.7 Å². The van der Waals surface area contributed by atoms with Gasteiger partial charge in [0, 0.05) is 13.1 Å². The molecule has 0 aromatic heterocycles. The minimum atomic E-state index is -0.226. The topological polar surface area (TPSA) is 68.8 Å². The maximum atomic E-state index is 11.9. The van der Waals surface area contributed by atoms with Crippen molar-refractivity contribution in [3.05, 3.63) is 22.7 Å². The number of benzene rings is 1. The maximum absolute atomic E-state index is 11.9. The second-order valence-corrected chi connectivity index (χ2v) is 7.29. The van der Waals surface area contributed by atoms with E-state index < -0.39 is 0 Å². The van der Waals surface area contributed by atoms with Crippen LogP contribution in [0.4, 0.5) is 4.79 Å². The summed E-state index contributed by atoms with van der Waals surface area (Å²) in [7, 11) is 0. The lowest BCUT2D eigenvalue weighted by molar-refractivity contribution is -0.00243. The Bertz CT molecular complexity index is 626. The molecule has 2 amide bonds. The molecule has 1 saturated carbocycles. The van der Waals surface area contributed by atoms with Crippen LogP contribution in [0.2, 0.25) is 5.02 Å². The molecule has 1 aromatic rings. The molecule has 1 aromatic carbocycles. The number of carbonyl (C=O) groups excluding carboxylic acids is 1. The fraction of sp³-hybridized carbons (Fsp3) is 0.632. The van der Waals surface area contributed by atoms with Crippen LogP contribution in [-0.4, -0.2) is 38.5 Å². The van der Waals surface area contributed by atoms with E-state index in [0.717, 1.165) is 12.0 Å². The van der Waals surface area contributed by atoms with Gasteiger partial charge >= 0.3 is 6.03 Å². The maximum Gasteiger partial charge on any atom is 0.315 e. The Hall–Kier alpha value is -1.66. The molecule has 6 nitrogen and oxygen atoms in total. The highest BCUT2D eigenvalue weighted by Crippen LogP contribution is 2.38. The predicted molar refractivity (Wildman–Crippen MR) is 100 cm³/mol. The van der Waals surface area contributed by atoms with E-state index in [9.17, 15) is 4.79 Å². The van der Waals surface area contributed by atoms with E-state index in [0.29, 0.717) is 61.5 Å². The summed E-state index contributed by atoms with van der Waals surface area (Å²) in [4.78, 5) is 11.9. The second kappa shape index (κ2) is 9.33. The summed E-state index contributed by atoms with van der Waals surface area (Å²) in [5.41, 5.74) is 0.863. The zero-order chi connectivity index (χ0) is 18.4. The summed E-state index contributed by atoms with van der Waals surface area (Å²) in [6, 6.07) is 3.40. The highest BCUT2D eigenvalue weighted by atomic mass is 35.5. The zero-order valence-electron chi connectivity index (χ0n) is 15.2. The Morgan fingerprint density at radius 3 is 2.88 bits per heavy atom. The Balaban J connectivity index is 1.37. The fourth-order valence-corrected chi connectivity index (χ4v) is 3.70. The van der Waals surface area contributed by atoms with Crippen LogP contribution in [0.1, 0.15) is 38.2 Å². The number of fused-ring (bicyclic) bond motifs is 1. The lowest BCUT2D eigenvalue weighted by Gasteiger charge is -2.28. The monoisotopic (exact) mass is 382 g/mol. The number of hydrogen-bond acceptors (Lipinski definition) is 4. The first-order valence-electron chi connectivity index (χ1n) is 9.35. The van der Waals surface area contributed by atoms with Crippen LogP contribution < -0.4 is 20.1 Å². The van der Waals surface area contributed by atoms with Crippen molar-refractivity contribution in [3.63, 3.8) is 0 Å². The van der Waals surface area contributed by atoms with Gasteiger partial charge in [-0.05, 0) is 36.5 Å². The van der Waals surface area contributed by atoms with E-state index in [1.54, 1.807) is 6.07 Å². The Labute approximate surface area is 159 Å². The van der Waals surface area contributed by atoms with Crippen LogP contribution in [0.25, 0.3) is 0 Å². The molecule has 3 rings (SSSR count). The molecule has 0 saturated heterocycles. The summed E-state index contributed by atoms with van der Waals surface area (Å²) >= 11 is 6.20. The van der Waals surface area contributed by atoms with E-state index >= 15 is 0 Å². The number of nitrogens with one attached hydrogen (secondary N) is 2. The first-order chi connectivity index (χ1) is 12.6. The number of amides is 2. The molecular weight excluding hydrogens is 356 g/mol. The number of carbonyl (C=O) groups is 1. The van der Waals surface area contributed by atoms with Crippen LogP contribution in [-0.2, 0) is 11.3 Å². The molecule has 2 atom stereocenters. The third-order valence-corrected chi connectivity index (χ3v) is 5.14. The van der Waals surface area contributed by atoms with Gasteiger partial charge in [0.1, 0.15) is 13.2 Å². The SMILES string of the molecule is CC1CCCCC1OCCNC(=O)NCc1cc(Cl)c2c(c1)OCCO2. The molecule has 144 valence electrons. The Morgan fingerprint density at radius 1 is 1.23 bits per heavy atom. The highest BCUT2D eigenvalue weighted by Gasteiger charge is 2.21. The molecule has 2 aliphatic rings. The summed E-state index contributed by atoms with van der Waals surface area (Å²) < 4.78 is 16.9. The summed E-state index contributed by atoms with van der Waals surface area (Å²) in [6.07, 6.45) is 5.22. The predicted octanol–water partition coefficient (Wildman–Crippen LogP) is 3.51. The summed E-state index contributed by atoms with van der Waals surface area (Å²) in [5, 5.41) is 6.13. The van der Waals surface area contributed by atoms with Gasteiger partial charge in [-0.1, -0.05) is 31.4 Å². The molecule has 1 heterocycles. The molecule has 1 aliphatic heterocycles. The van der Waals surface area contributed by atoms with Crippen LogP contribution in [0.3, 0.4) is 0 Å². The minimum Gasteiger partial charge on any atom is -0.486 e. The van der Waals surface area contributed by atoms with Gasteiger partial charge in [-0.15, -0.1) is 0 Å². The first kappa shape index (κ1) is 19.1. The fourth-order valence-electron chi connectivity index (χ4n) is 3.42. The molecule has 0 spiro atoms. The Kier molecular flexibility index (Phi) is 6.86. The summed E-state index contributed by atoms with van der Waals surface area (Å²) in [5.74, 6) is 1.80. The average Bonchev–Trinajstić information content (AvgIpc) is 2.65. The molecule has 2 N–H and O–H groups in total. The highest BCUT2D eigenvalue weighted by molar-refractivity contribution is 6.32. The zero-order valence-corrected chi connectivity index (χ0v) is 15.9. The van der Waals surface area contributed by atoms with Gasteiger partial charge in [0.2, 0.25) is 0 Å². The van der Waals surface area contributed by atoms with Crippen molar-refractivity contribution < 1.29 is 19.0 Å². The third-order valence-electron chi connectivity index (χ3n) is 4.86. The number of urea groups is 1. The van der Waals surface area contributed by atoms with Crippen molar-refractivity contribution in [3.8, 4) is 11.5 Å². The first-order valence-corrected chi connectivity index (χ1v) is 9.72. The van der Waals surface area contributed by atoms with Crippen molar-refractivity contribution in [1.29, 1.82) is 0 Å². The van der Waals surface area contributed by atoms with E-state index in [-0.39, 0.29) is 6.03 Å². The van der Waals surface area contributed by atoms with Crippen LogP contribution in [0.15, 0.2) is 12.1 Å². The van der Waals surface area contributed by atoms with Crippen LogP contribution in [0, 0.1) is 5.92 Å². The van der Waals surface area contributed by atoms with Crippen molar-refractivity contribution in [2.24, 2.45) is 5.92 Å². The third kappa shape index (κ3) is 5.17. The van der Waals surface area contributed by atoms with Gasteiger partial charge < -0.3 is 24.8 Å². The number of rotatable bonds is 6. The molecular formula is C19H27ClN2O4. The van der Waals surface area contributed by atoms with Crippen molar-refractivity contribution in [2.45, 2.75) is 45.3 Å². The lowest BCUT2D eigenvalue weighted by Crippen LogP contribution is -2.38. The van der Waals surface area contributed by atoms with Gasteiger partial charge in [-0.25, -0.2) is 4.79 Å². The molecule has 0 bridgehead atoms. The van der Waals surface area contributed by atoms with Gasteiger partial charge in [-0.2, -0.15) is 0 Å². The average molecular weight is 383 g/mol. The van der Waals surface area contributed by atoms with Gasteiger partial charge in [0.25, 0.3) is 0 Å². The standard InChI is InChI=1S/C19H27ClN2O4/c1-13-4-2-3-5-16(13)24-7-6-21-19(23)22-12-14-10-15(20)18-17(11-14)25-8-9-26-18/h10-11,13,16H,2-9,12H2,1H3,(H2,21,22,23). The van der Waals surface area contributed by atoms with Gasteiger partial charge in [-0.3, -0.25) is 0 Å². The minimum absolute atomic E-state index is 0.226. The molecule has 1 fully saturated rings.